The lowest BCUT2D eigenvalue weighted by molar-refractivity contribution is 0.0601. The molecule has 0 atom stereocenters. The number of carbonyl (C=O) groups is 1. The Bertz CT molecular complexity index is 507. The molecule has 1 saturated carbocycles. The van der Waals surface area contributed by atoms with Gasteiger partial charge in [-0.05, 0) is 18.8 Å². The van der Waals surface area contributed by atoms with E-state index in [1.165, 1.54) is 51.0 Å². The standard InChI is InChI=1S/C16H25N5O/c17-15-14(18-6-7-19-15)16(22)21-10-8-20(9-11-21)12-13-4-2-1-3-5-13/h6-7,13H,1-5,8-12H2,(H2,17,19). The van der Waals surface area contributed by atoms with Gasteiger partial charge in [-0.2, -0.15) is 0 Å². The molecule has 0 aromatic carbocycles. The van der Waals surface area contributed by atoms with E-state index in [0.29, 0.717) is 0 Å². The first-order valence-electron chi connectivity index (χ1n) is 8.32. The van der Waals surface area contributed by atoms with Gasteiger partial charge in [0, 0.05) is 45.1 Å². The highest BCUT2D eigenvalue weighted by molar-refractivity contribution is 5.96. The molecule has 2 N–H and O–H groups in total. The maximum atomic E-state index is 12.4. The molecule has 1 aliphatic heterocycles. The summed E-state index contributed by atoms with van der Waals surface area (Å²) in [6.07, 6.45) is 9.93. The number of carbonyl (C=O) groups excluding carboxylic acids is 1. The third kappa shape index (κ3) is 3.55. The van der Waals surface area contributed by atoms with E-state index < -0.39 is 0 Å². The first-order chi connectivity index (χ1) is 10.7. The number of amides is 1. The molecule has 2 fully saturated rings. The lowest BCUT2D eigenvalue weighted by atomic mass is 9.89. The zero-order valence-corrected chi connectivity index (χ0v) is 13.1. The fourth-order valence-electron chi connectivity index (χ4n) is 3.53. The number of piperazine rings is 1. The number of nitrogen functional groups attached to an aromatic ring is 1. The van der Waals surface area contributed by atoms with Crippen molar-refractivity contribution in [1.29, 1.82) is 0 Å². The van der Waals surface area contributed by atoms with Crippen LogP contribution in [0, 0.1) is 5.92 Å². The Kier molecular flexibility index (Phi) is 4.87. The maximum absolute atomic E-state index is 12.4. The van der Waals surface area contributed by atoms with Gasteiger partial charge in [0.15, 0.2) is 11.5 Å². The minimum atomic E-state index is -0.0945. The van der Waals surface area contributed by atoms with E-state index in [1.807, 2.05) is 4.90 Å². The summed E-state index contributed by atoms with van der Waals surface area (Å²) in [4.78, 5) is 24.8. The second kappa shape index (κ2) is 7.05. The second-order valence-corrected chi connectivity index (χ2v) is 6.39. The first-order valence-corrected chi connectivity index (χ1v) is 8.32. The SMILES string of the molecule is Nc1nccnc1C(=O)N1CCN(CC2CCCCC2)CC1. The van der Waals surface area contributed by atoms with Crippen molar-refractivity contribution in [2.45, 2.75) is 32.1 Å². The summed E-state index contributed by atoms with van der Waals surface area (Å²) in [7, 11) is 0. The Morgan fingerprint density at radius 3 is 2.45 bits per heavy atom. The molecular weight excluding hydrogens is 278 g/mol. The average Bonchev–Trinajstić information content (AvgIpc) is 2.56. The molecule has 0 radical (unpaired) electrons. The molecule has 1 amide bonds. The van der Waals surface area contributed by atoms with Gasteiger partial charge in [0.2, 0.25) is 0 Å². The van der Waals surface area contributed by atoms with Gasteiger partial charge < -0.3 is 10.6 Å². The molecule has 3 rings (SSSR count). The number of aromatic nitrogens is 2. The summed E-state index contributed by atoms with van der Waals surface area (Å²) in [6, 6.07) is 0. The van der Waals surface area contributed by atoms with Gasteiger partial charge in [0.25, 0.3) is 5.91 Å². The fraction of sp³-hybridized carbons (Fsp3) is 0.688. The molecule has 0 spiro atoms. The lowest BCUT2D eigenvalue weighted by Gasteiger charge is -2.37. The van der Waals surface area contributed by atoms with Gasteiger partial charge in [0.05, 0.1) is 0 Å². The molecule has 6 nitrogen and oxygen atoms in total. The highest BCUT2D eigenvalue weighted by Gasteiger charge is 2.26. The maximum Gasteiger partial charge on any atom is 0.276 e. The quantitative estimate of drug-likeness (QED) is 0.913. The topological polar surface area (TPSA) is 75.3 Å². The third-order valence-corrected chi connectivity index (χ3v) is 4.83. The molecule has 6 heteroatoms. The van der Waals surface area contributed by atoms with Crippen LogP contribution in [0.2, 0.25) is 0 Å². The molecule has 120 valence electrons. The molecule has 1 saturated heterocycles. The summed E-state index contributed by atoms with van der Waals surface area (Å²) in [6.45, 7) is 4.59. The van der Waals surface area contributed by atoms with Crippen molar-refractivity contribution >= 4 is 11.7 Å². The van der Waals surface area contributed by atoms with Crippen molar-refractivity contribution in [3.05, 3.63) is 18.1 Å². The van der Waals surface area contributed by atoms with E-state index in [-0.39, 0.29) is 17.4 Å². The smallest absolute Gasteiger partial charge is 0.276 e. The zero-order valence-electron chi connectivity index (χ0n) is 13.1. The van der Waals surface area contributed by atoms with Gasteiger partial charge in [-0.1, -0.05) is 19.3 Å². The van der Waals surface area contributed by atoms with Crippen LogP contribution in [0.3, 0.4) is 0 Å². The number of hydrogen-bond donors (Lipinski definition) is 1. The molecule has 2 aliphatic rings. The van der Waals surface area contributed by atoms with E-state index in [1.54, 1.807) is 0 Å². The summed E-state index contributed by atoms with van der Waals surface area (Å²) < 4.78 is 0. The van der Waals surface area contributed by atoms with E-state index in [4.69, 9.17) is 5.73 Å². The van der Waals surface area contributed by atoms with Crippen LogP contribution in [0.15, 0.2) is 12.4 Å². The normalized spacial score (nSPS) is 21.0. The summed E-state index contributed by atoms with van der Waals surface area (Å²) in [5.41, 5.74) is 6.03. The minimum Gasteiger partial charge on any atom is -0.382 e. The minimum absolute atomic E-state index is 0.0945. The van der Waals surface area contributed by atoms with Crippen LogP contribution in [0.5, 0.6) is 0 Å². The van der Waals surface area contributed by atoms with Crippen LogP contribution in [-0.2, 0) is 0 Å². The predicted octanol–water partition coefficient (Wildman–Crippen LogP) is 1.40. The van der Waals surface area contributed by atoms with Gasteiger partial charge in [-0.15, -0.1) is 0 Å². The van der Waals surface area contributed by atoms with E-state index in [2.05, 4.69) is 14.9 Å². The van der Waals surface area contributed by atoms with Crippen LogP contribution < -0.4 is 5.73 Å². The van der Waals surface area contributed by atoms with Crippen molar-refractivity contribution in [1.82, 2.24) is 19.8 Å². The number of anilines is 1. The number of nitrogens with zero attached hydrogens (tertiary/aromatic N) is 4. The Hall–Kier alpha value is -1.69. The second-order valence-electron chi connectivity index (χ2n) is 6.39. The predicted molar refractivity (Wildman–Crippen MR) is 85.4 cm³/mol. The highest BCUT2D eigenvalue weighted by atomic mass is 16.2. The molecule has 1 aliphatic carbocycles. The molecule has 22 heavy (non-hydrogen) atoms. The number of nitrogens with two attached hydrogens (primary N) is 1. The van der Waals surface area contributed by atoms with Gasteiger partial charge in [-0.25, -0.2) is 9.97 Å². The first kappa shape index (κ1) is 15.2. The van der Waals surface area contributed by atoms with Gasteiger partial charge >= 0.3 is 0 Å². The fourth-order valence-corrected chi connectivity index (χ4v) is 3.53. The van der Waals surface area contributed by atoms with E-state index in [0.717, 1.165) is 32.1 Å². The van der Waals surface area contributed by atoms with Crippen LogP contribution >= 0.6 is 0 Å². The molecule has 0 bridgehead atoms. The van der Waals surface area contributed by atoms with E-state index in [9.17, 15) is 4.79 Å². The average molecular weight is 303 g/mol. The van der Waals surface area contributed by atoms with Crippen LogP contribution in [0.25, 0.3) is 0 Å². The Morgan fingerprint density at radius 2 is 1.77 bits per heavy atom. The third-order valence-electron chi connectivity index (χ3n) is 4.83. The van der Waals surface area contributed by atoms with Gasteiger partial charge in [-0.3, -0.25) is 9.69 Å². The molecule has 0 unspecified atom stereocenters. The zero-order chi connectivity index (χ0) is 15.4. The van der Waals surface area contributed by atoms with Crippen LogP contribution in [0.1, 0.15) is 42.6 Å². The van der Waals surface area contributed by atoms with Crippen molar-refractivity contribution in [3.8, 4) is 0 Å². The highest BCUT2D eigenvalue weighted by Crippen LogP contribution is 2.24. The summed E-state index contributed by atoms with van der Waals surface area (Å²) >= 11 is 0. The number of rotatable bonds is 3. The molecule has 1 aromatic heterocycles. The Morgan fingerprint density at radius 1 is 1.09 bits per heavy atom. The van der Waals surface area contributed by atoms with Crippen LogP contribution in [0.4, 0.5) is 5.82 Å². The van der Waals surface area contributed by atoms with Gasteiger partial charge in [0.1, 0.15) is 0 Å². The lowest BCUT2D eigenvalue weighted by Crippen LogP contribution is -2.50. The monoisotopic (exact) mass is 303 g/mol. The van der Waals surface area contributed by atoms with Crippen molar-refractivity contribution in [2.75, 3.05) is 38.5 Å². The van der Waals surface area contributed by atoms with Crippen molar-refractivity contribution in [2.24, 2.45) is 5.92 Å². The number of hydrogen-bond acceptors (Lipinski definition) is 5. The van der Waals surface area contributed by atoms with E-state index >= 15 is 0 Å². The van der Waals surface area contributed by atoms with Crippen molar-refractivity contribution < 1.29 is 4.79 Å². The van der Waals surface area contributed by atoms with Crippen molar-refractivity contribution in [3.63, 3.8) is 0 Å². The largest absolute Gasteiger partial charge is 0.382 e. The Balaban J connectivity index is 1.51. The summed E-state index contributed by atoms with van der Waals surface area (Å²) in [5.74, 6) is 0.978. The van der Waals surface area contributed by atoms with Crippen LogP contribution in [-0.4, -0.2) is 58.4 Å². The molecule has 2 heterocycles. The summed E-state index contributed by atoms with van der Waals surface area (Å²) in [5, 5.41) is 0. The Labute approximate surface area is 131 Å². The molecule has 1 aromatic rings. The molecular formula is C16H25N5O.